The normalized spacial score (nSPS) is 24.5. The largest absolute Gasteiger partial charge is 0.458 e. The number of alkyl carbamates (subject to hydrolysis) is 1. The molecule has 2 aliphatic heterocycles. The highest BCUT2D eigenvalue weighted by Gasteiger charge is 2.36. The molecule has 1 N–H and O–H groups in total. The van der Waals surface area contributed by atoms with Gasteiger partial charge in [0.15, 0.2) is 6.29 Å². The standard InChI is InChI=1S/C28H39NO8/c1-27(2,3)36-24(31)21(29-26(32)37-28(4,5)6)14-12-19(30)16-20-13-15-22-23(34-20)17-33-25(35-22)18-10-8-7-9-11-18/h7-11,13,15,20-23,25H,12,14,16-17H2,1-6H3,(H,29,32)/t20-,21+,22+,23-,25-/m1/s1. The van der Waals surface area contributed by atoms with E-state index in [4.69, 9.17) is 23.7 Å². The zero-order chi connectivity index (χ0) is 27.2. The first-order valence-electron chi connectivity index (χ1n) is 12.7. The van der Waals surface area contributed by atoms with Crippen molar-refractivity contribution in [3.05, 3.63) is 48.0 Å². The van der Waals surface area contributed by atoms with Crippen LogP contribution in [-0.4, -0.2) is 60.0 Å². The molecule has 3 rings (SSSR count). The minimum atomic E-state index is -1.01. The van der Waals surface area contributed by atoms with E-state index in [1.165, 1.54) is 0 Å². The van der Waals surface area contributed by atoms with Crippen molar-refractivity contribution >= 4 is 17.8 Å². The molecule has 0 aliphatic carbocycles. The van der Waals surface area contributed by atoms with Crippen molar-refractivity contribution in [3.8, 4) is 0 Å². The van der Waals surface area contributed by atoms with Crippen LogP contribution < -0.4 is 5.32 Å². The number of nitrogens with one attached hydrogen (secondary N) is 1. The molecule has 37 heavy (non-hydrogen) atoms. The average Bonchev–Trinajstić information content (AvgIpc) is 2.79. The van der Waals surface area contributed by atoms with E-state index < -0.39 is 41.7 Å². The lowest BCUT2D eigenvalue weighted by Gasteiger charge is -2.39. The molecular formula is C28H39NO8. The van der Waals surface area contributed by atoms with Crippen LogP contribution in [0.1, 0.15) is 72.7 Å². The van der Waals surface area contributed by atoms with Gasteiger partial charge in [-0.3, -0.25) is 4.79 Å². The van der Waals surface area contributed by atoms with Gasteiger partial charge in [0.05, 0.1) is 12.7 Å². The van der Waals surface area contributed by atoms with E-state index in [9.17, 15) is 14.4 Å². The van der Waals surface area contributed by atoms with Gasteiger partial charge in [-0.05, 0) is 48.0 Å². The minimum Gasteiger partial charge on any atom is -0.458 e. The average molecular weight is 518 g/mol. The van der Waals surface area contributed by atoms with Crippen LogP contribution >= 0.6 is 0 Å². The summed E-state index contributed by atoms with van der Waals surface area (Å²) in [6, 6.07) is 8.67. The summed E-state index contributed by atoms with van der Waals surface area (Å²) in [7, 11) is 0. The molecule has 1 saturated heterocycles. The number of benzene rings is 1. The van der Waals surface area contributed by atoms with Crippen LogP contribution in [0.25, 0.3) is 0 Å². The number of fused-ring (bicyclic) bond motifs is 1. The first-order chi connectivity index (χ1) is 17.3. The van der Waals surface area contributed by atoms with Gasteiger partial charge in [-0.25, -0.2) is 9.59 Å². The second-order valence-electron chi connectivity index (χ2n) is 11.3. The van der Waals surface area contributed by atoms with Crippen LogP contribution in [-0.2, 0) is 33.3 Å². The predicted octanol–water partition coefficient (Wildman–Crippen LogP) is 4.40. The smallest absolute Gasteiger partial charge is 0.408 e. The molecule has 0 bridgehead atoms. The summed E-state index contributed by atoms with van der Waals surface area (Å²) in [5.74, 6) is -0.722. The first kappa shape index (κ1) is 28.8. The summed E-state index contributed by atoms with van der Waals surface area (Å²) in [4.78, 5) is 37.7. The molecule has 0 unspecified atom stereocenters. The number of carbonyl (C=O) groups excluding carboxylic acids is 3. The molecule has 0 spiro atoms. The Hall–Kier alpha value is -2.75. The second kappa shape index (κ2) is 12.2. The van der Waals surface area contributed by atoms with E-state index in [0.717, 1.165) is 5.56 Å². The highest BCUT2D eigenvalue weighted by molar-refractivity contribution is 5.84. The SMILES string of the molecule is CC(C)(C)OC(=O)N[C@@H](CCC(=O)C[C@H]1C=C[C@@H]2O[C@H](c3ccccc3)OC[C@H]2O1)C(=O)OC(C)(C)C. The number of ketones is 1. The fraction of sp³-hybridized carbons (Fsp3) is 0.607. The van der Waals surface area contributed by atoms with Gasteiger partial charge in [0.2, 0.25) is 0 Å². The molecule has 9 heteroatoms. The van der Waals surface area contributed by atoms with Crippen molar-refractivity contribution < 1.29 is 38.1 Å². The topological polar surface area (TPSA) is 109 Å². The number of carbonyl (C=O) groups is 3. The summed E-state index contributed by atoms with van der Waals surface area (Å²) >= 11 is 0. The lowest BCUT2D eigenvalue weighted by Crippen LogP contribution is -2.46. The molecule has 0 radical (unpaired) electrons. The van der Waals surface area contributed by atoms with Gasteiger partial charge in [0.25, 0.3) is 0 Å². The summed E-state index contributed by atoms with van der Waals surface area (Å²) < 4.78 is 28.6. The van der Waals surface area contributed by atoms with Crippen LogP contribution in [0.3, 0.4) is 0 Å². The number of Topliss-reactive ketones (excluding diaryl/α,β-unsaturated/α-hetero) is 1. The third kappa shape index (κ3) is 9.57. The summed E-state index contributed by atoms with van der Waals surface area (Å²) in [6.07, 6.45) is 1.82. The Morgan fingerprint density at radius 3 is 2.30 bits per heavy atom. The Morgan fingerprint density at radius 2 is 1.65 bits per heavy atom. The molecule has 1 aromatic rings. The number of hydrogen-bond donors (Lipinski definition) is 1. The molecule has 0 aromatic heterocycles. The van der Waals surface area contributed by atoms with Gasteiger partial charge in [-0.1, -0.05) is 42.5 Å². The van der Waals surface area contributed by atoms with Crippen molar-refractivity contribution in [2.24, 2.45) is 0 Å². The zero-order valence-corrected chi connectivity index (χ0v) is 22.5. The van der Waals surface area contributed by atoms with Crippen LogP contribution in [0.4, 0.5) is 4.79 Å². The Labute approximate surface area is 218 Å². The van der Waals surface area contributed by atoms with Crippen LogP contribution in [0.5, 0.6) is 0 Å². The van der Waals surface area contributed by atoms with E-state index in [1.807, 2.05) is 42.5 Å². The fourth-order valence-corrected chi connectivity index (χ4v) is 3.94. The van der Waals surface area contributed by atoms with Crippen LogP contribution in [0.2, 0.25) is 0 Å². The molecule has 5 atom stereocenters. The first-order valence-corrected chi connectivity index (χ1v) is 12.7. The summed E-state index contributed by atoms with van der Waals surface area (Å²) in [5.41, 5.74) is -0.532. The van der Waals surface area contributed by atoms with E-state index in [1.54, 1.807) is 41.5 Å². The molecule has 2 aliphatic rings. The van der Waals surface area contributed by atoms with Gasteiger partial charge < -0.3 is 29.0 Å². The monoisotopic (exact) mass is 517 g/mol. The summed E-state index contributed by atoms with van der Waals surface area (Å²) in [5, 5.41) is 2.54. The van der Waals surface area contributed by atoms with Crippen molar-refractivity contribution in [3.63, 3.8) is 0 Å². The van der Waals surface area contributed by atoms with Crippen LogP contribution in [0.15, 0.2) is 42.5 Å². The Bertz CT molecular complexity index is 963. The maximum atomic E-state index is 12.8. The number of amides is 1. The maximum Gasteiger partial charge on any atom is 0.408 e. The fourth-order valence-electron chi connectivity index (χ4n) is 3.94. The molecular weight excluding hydrogens is 478 g/mol. The Morgan fingerprint density at radius 1 is 0.973 bits per heavy atom. The third-order valence-electron chi connectivity index (χ3n) is 5.52. The molecule has 9 nitrogen and oxygen atoms in total. The zero-order valence-electron chi connectivity index (χ0n) is 22.5. The van der Waals surface area contributed by atoms with Crippen molar-refractivity contribution in [2.45, 2.75) is 103 Å². The van der Waals surface area contributed by atoms with Crippen LogP contribution in [0, 0.1) is 0 Å². The lowest BCUT2D eigenvalue weighted by atomic mass is 10.0. The molecule has 0 saturated carbocycles. The van der Waals surface area contributed by atoms with Gasteiger partial charge in [0, 0.05) is 18.4 Å². The maximum absolute atomic E-state index is 12.8. The predicted molar refractivity (Wildman–Crippen MR) is 136 cm³/mol. The van der Waals surface area contributed by atoms with Gasteiger partial charge in [-0.2, -0.15) is 0 Å². The molecule has 1 fully saturated rings. The van der Waals surface area contributed by atoms with Crippen molar-refractivity contribution in [1.82, 2.24) is 5.32 Å². The van der Waals surface area contributed by atoms with Gasteiger partial charge in [-0.15, -0.1) is 0 Å². The number of rotatable bonds is 8. The highest BCUT2D eigenvalue weighted by atomic mass is 16.7. The quantitative estimate of drug-likeness (QED) is 0.399. The third-order valence-corrected chi connectivity index (χ3v) is 5.52. The minimum absolute atomic E-state index is 0.0601. The second-order valence-corrected chi connectivity index (χ2v) is 11.3. The van der Waals surface area contributed by atoms with E-state index in [0.29, 0.717) is 6.61 Å². The molecule has 1 amide bonds. The molecule has 2 heterocycles. The van der Waals surface area contributed by atoms with Gasteiger partial charge >= 0.3 is 12.1 Å². The Balaban J connectivity index is 1.52. The number of ether oxygens (including phenoxy) is 5. The van der Waals surface area contributed by atoms with E-state index in [-0.39, 0.29) is 37.3 Å². The van der Waals surface area contributed by atoms with E-state index >= 15 is 0 Å². The summed E-state index contributed by atoms with van der Waals surface area (Å²) in [6.45, 7) is 10.7. The number of hydrogen-bond acceptors (Lipinski definition) is 8. The van der Waals surface area contributed by atoms with Gasteiger partial charge in [0.1, 0.15) is 35.2 Å². The van der Waals surface area contributed by atoms with Crippen molar-refractivity contribution in [1.29, 1.82) is 0 Å². The number of esters is 1. The molecule has 1 aromatic carbocycles. The lowest BCUT2D eigenvalue weighted by molar-refractivity contribution is -0.262. The van der Waals surface area contributed by atoms with E-state index in [2.05, 4.69) is 5.32 Å². The highest BCUT2D eigenvalue weighted by Crippen LogP contribution is 2.31. The molecule has 204 valence electrons. The van der Waals surface area contributed by atoms with Crippen molar-refractivity contribution in [2.75, 3.05) is 6.61 Å². The Kier molecular flexibility index (Phi) is 9.50.